The number of aromatic nitrogens is 2. The predicted octanol–water partition coefficient (Wildman–Crippen LogP) is 6.51. The van der Waals surface area contributed by atoms with Crippen molar-refractivity contribution in [3.05, 3.63) is 83.7 Å². The molecule has 6 heteroatoms. The van der Waals surface area contributed by atoms with E-state index >= 15 is 0 Å². The Bertz CT molecular complexity index is 1390. The lowest BCUT2D eigenvalue weighted by molar-refractivity contribution is 0.218. The van der Waals surface area contributed by atoms with Crippen LogP contribution in [0.15, 0.2) is 66.9 Å². The molecule has 2 N–H and O–H groups in total. The van der Waals surface area contributed by atoms with Crippen molar-refractivity contribution in [2.45, 2.75) is 57.5 Å². The van der Waals surface area contributed by atoms with Crippen LogP contribution in [-0.2, 0) is 19.4 Å². The predicted molar refractivity (Wildman–Crippen MR) is 145 cm³/mol. The van der Waals surface area contributed by atoms with E-state index in [1.807, 2.05) is 13.1 Å². The fourth-order valence-corrected chi connectivity index (χ4v) is 5.51. The summed E-state index contributed by atoms with van der Waals surface area (Å²) in [6, 6.07) is 21.7. The van der Waals surface area contributed by atoms with Crippen molar-refractivity contribution >= 4 is 23.2 Å². The highest BCUT2D eigenvalue weighted by molar-refractivity contribution is 5.92. The van der Waals surface area contributed by atoms with E-state index in [0.29, 0.717) is 12.6 Å². The number of carbonyl (C=O) groups is 1. The number of hydrogen-bond acceptors (Lipinski definition) is 3. The highest BCUT2D eigenvalue weighted by atomic mass is 16.2. The van der Waals surface area contributed by atoms with Gasteiger partial charge in [-0.25, -0.2) is 9.78 Å². The van der Waals surface area contributed by atoms with Crippen LogP contribution in [0.3, 0.4) is 0 Å². The number of aryl methyl sites for hydroxylation is 2. The minimum absolute atomic E-state index is 0.0601. The van der Waals surface area contributed by atoms with Crippen LogP contribution in [-0.4, -0.2) is 33.4 Å². The monoisotopic (exact) mass is 479 g/mol. The van der Waals surface area contributed by atoms with E-state index in [1.165, 1.54) is 37.7 Å². The Morgan fingerprint density at radius 1 is 0.972 bits per heavy atom. The number of imidazole rings is 1. The van der Waals surface area contributed by atoms with Crippen molar-refractivity contribution in [3.63, 3.8) is 0 Å². The minimum Gasteiger partial charge on any atom is -0.367 e. The first-order chi connectivity index (χ1) is 17.6. The maximum atomic E-state index is 12.0. The third kappa shape index (κ3) is 4.55. The smallest absolute Gasteiger partial charge is 0.321 e. The van der Waals surface area contributed by atoms with Crippen LogP contribution >= 0.6 is 0 Å². The first kappa shape index (κ1) is 22.7. The summed E-state index contributed by atoms with van der Waals surface area (Å²) in [6.45, 7) is 0.611. The number of pyridine rings is 1. The second-order valence-electron chi connectivity index (χ2n) is 10.2. The summed E-state index contributed by atoms with van der Waals surface area (Å²) in [7, 11) is 1.82. The molecule has 0 radical (unpaired) electrons. The molecule has 184 valence electrons. The number of anilines is 2. The molecule has 0 saturated heterocycles. The van der Waals surface area contributed by atoms with Gasteiger partial charge in [0.1, 0.15) is 11.5 Å². The van der Waals surface area contributed by atoms with Gasteiger partial charge < -0.3 is 15.5 Å². The van der Waals surface area contributed by atoms with Gasteiger partial charge in [0.15, 0.2) is 0 Å². The van der Waals surface area contributed by atoms with E-state index in [-0.39, 0.29) is 6.03 Å². The molecule has 0 unspecified atom stereocenters. The fraction of sp³-hybridized carbons (Fsp3) is 0.333. The summed E-state index contributed by atoms with van der Waals surface area (Å²) >= 11 is 0. The number of amides is 2. The number of nitrogens with zero attached hydrogens (tertiary/aromatic N) is 3. The number of fused-ring (bicyclic) bond motifs is 2. The van der Waals surface area contributed by atoms with Gasteiger partial charge in [-0.1, -0.05) is 55.7 Å². The zero-order chi connectivity index (χ0) is 24.5. The third-order valence-electron chi connectivity index (χ3n) is 7.57. The van der Waals surface area contributed by atoms with Crippen molar-refractivity contribution < 1.29 is 4.79 Å². The van der Waals surface area contributed by atoms with Gasteiger partial charge in [0.05, 0.1) is 5.69 Å². The molecule has 2 aromatic carbocycles. The Balaban J connectivity index is 1.33. The van der Waals surface area contributed by atoms with Gasteiger partial charge >= 0.3 is 6.03 Å². The maximum absolute atomic E-state index is 12.0. The van der Waals surface area contributed by atoms with Crippen molar-refractivity contribution in [3.8, 4) is 11.1 Å². The van der Waals surface area contributed by atoms with Crippen LogP contribution < -0.4 is 10.6 Å². The molecule has 4 aromatic rings. The van der Waals surface area contributed by atoms with Gasteiger partial charge in [-0.3, -0.25) is 4.40 Å². The Morgan fingerprint density at radius 3 is 2.61 bits per heavy atom. The average molecular weight is 480 g/mol. The largest absolute Gasteiger partial charge is 0.367 e. The molecule has 0 bridgehead atoms. The van der Waals surface area contributed by atoms with Gasteiger partial charge in [0.2, 0.25) is 0 Å². The molecule has 36 heavy (non-hydrogen) atoms. The number of nitrogens with one attached hydrogen (secondary N) is 2. The van der Waals surface area contributed by atoms with Crippen LogP contribution in [0.5, 0.6) is 0 Å². The van der Waals surface area contributed by atoms with Crippen LogP contribution in [0.25, 0.3) is 16.8 Å². The highest BCUT2D eigenvalue weighted by Gasteiger charge is 2.21. The van der Waals surface area contributed by atoms with Crippen LogP contribution in [0.4, 0.5) is 16.3 Å². The van der Waals surface area contributed by atoms with Gasteiger partial charge in [-0.05, 0) is 72.2 Å². The lowest BCUT2D eigenvalue weighted by atomic mass is 9.95. The van der Waals surface area contributed by atoms with E-state index in [2.05, 4.69) is 75.8 Å². The molecule has 1 saturated carbocycles. The third-order valence-corrected chi connectivity index (χ3v) is 7.57. The van der Waals surface area contributed by atoms with E-state index < -0.39 is 0 Å². The molecule has 0 spiro atoms. The molecular formula is C30H33N5O. The molecule has 6 rings (SSSR count). The molecule has 6 nitrogen and oxygen atoms in total. The number of hydrogen-bond donors (Lipinski definition) is 2. The van der Waals surface area contributed by atoms with Crippen LogP contribution in [0, 0.1) is 0 Å². The van der Waals surface area contributed by atoms with Crippen LogP contribution in [0.2, 0.25) is 0 Å². The second kappa shape index (κ2) is 9.69. The Morgan fingerprint density at radius 2 is 1.78 bits per heavy atom. The number of rotatable bonds is 6. The molecule has 2 aromatic heterocycles. The summed E-state index contributed by atoms with van der Waals surface area (Å²) in [5.74, 6) is 1.15. The van der Waals surface area contributed by atoms with Crippen molar-refractivity contribution in [1.29, 1.82) is 0 Å². The zero-order valence-electron chi connectivity index (χ0n) is 20.8. The average Bonchev–Trinajstić information content (AvgIpc) is 3.25. The van der Waals surface area contributed by atoms with E-state index in [0.717, 1.165) is 52.4 Å². The first-order valence-electron chi connectivity index (χ1n) is 13.1. The minimum atomic E-state index is -0.0601. The first-order valence-corrected chi connectivity index (χ1v) is 13.1. The van der Waals surface area contributed by atoms with Crippen molar-refractivity contribution in [2.75, 3.05) is 17.7 Å². The summed E-state index contributed by atoms with van der Waals surface area (Å²) in [5.41, 5.74) is 7.73. The number of carbonyl (C=O) groups excluding carboxylic acids is 1. The normalized spacial score (nSPS) is 16.1. The molecule has 1 aliphatic heterocycles. The summed E-state index contributed by atoms with van der Waals surface area (Å²) < 4.78 is 2.23. The number of benzene rings is 2. The molecule has 1 fully saturated rings. The molecule has 0 atom stereocenters. The Kier molecular flexibility index (Phi) is 6.09. The summed E-state index contributed by atoms with van der Waals surface area (Å²) in [5, 5.41) is 6.83. The van der Waals surface area contributed by atoms with Gasteiger partial charge in [-0.15, -0.1) is 0 Å². The van der Waals surface area contributed by atoms with Crippen molar-refractivity contribution in [2.24, 2.45) is 0 Å². The Labute approximate surface area is 212 Å². The van der Waals surface area contributed by atoms with E-state index in [4.69, 9.17) is 4.98 Å². The SMILES string of the molecule is CN1Cc2cc(-c3ccn4c(NC5CCCCC5)c(CCc5ccccc5)nc4c3)ccc2NC1=O. The van der Waals surface area contributed by atoms with E-state index in [9.17, 15) is 4.79 Å². The highest BCUT2D eigenvalue weighted by Crippen LogP contribution is 2.31. The standard InChI is InChI=1S/C30H33N5O/c1-34-20-24-18-22(13-15-26(24)33-30(34)36)23-16-17-35-28(19-23)32-27(14-12-21-8-4-2-5-9-21)29(35)31-25-10-6-3-7-11-25/h2,4-5,8-9,13,15-19,25,31H,3,6-7,10-12,14,20H2,1H3,(H,33,36). The molecule has 1 aliphatic carbocycles. The van der Waals surface area contributed by atoms with Gasteiger partial charge in [-0.2, -0.15) is 0 Å². The topological polar surface area (TPSA) is 61.7 Å². The van der Waals surface area contributed by atoms with Gasteiger partial charge in [0, 0.05) is 31.5 Å². The second-order valence-corrected chi connectivity index (χ2v) is 10.2. The number of urea groups is 1. The summed E-state index contributed by atoms with van der Waals surface area (Å²) in [4.78, 5) is 18.8. The lowest BCUT2D eigenvalue weighted by Crippen LogP contribution is -2.35. The zero-order valence-corrected chi connectivity index (χ0v) is 20.8. The molecule has 2 aliphatic rings. The van der Waals surface area contributed by atoms with E-state index in [1.54, 1.807) is 4.90 Å². The fourth-order valence-electron chi connectivity index (χ4n) is 5.51. The molecular weight excluding hydrogens is 446 g/mol. The molecule has 3 heterocycles. The van der Waals surface area contributed by atoms with Crippen LogP contribution in [0.1, 0.15) is 48.9 Å². The maximum Gasteiger partial charge on any atom is 0.321 e. The lowest BCUT2D eigenvalue weighted by Gasteiger charge is -2.26. The van der Waals surface area contributed by atoms with Gasteiger partial charge in [0.25, 0.3) is 0 Å². The molecule has 2 amide bonds. The summed E-state index contributed by atoms with van der Waals surface area (Å²) in [6.07, 6.45) is 10.4. The Hall–Kier alpha value is -3.80. The quantitative estimate of drug-likeness (QED) is 0.331. The van der Waals surface area contributed by atoms with Crippen molar-refractivity contribution in [1.82, 2.24) is 14.3 Å².